The van der Waals surface area contributed by atoms with Crippen molar-refractivity contribution in [3.05, 3.63) is 0 Å². The normalized spacial score (nSPS) is 17.1. The SMILES string of the molecule is CCC[C@H](NC(=O)[C@@H](NC(=O)[C@H](NC(=O)[C@@H](NC(=O)CNC(=O)CN(C)C(C)=O)C(C)C)[C@H](C)CC)[C@@H](C)O)C(=O)N[C@H](C(=O)N[C@@H](CCCN=C(N)N)C(=O)N1CCC[C@H]1C(=O)NC(C)C)[C@@H](C)CC. The highest BCUT2D eigenvalue weighted by Gasteiger charge is 2.40. The molecule has 404 valence electrons. The molecule has 1 aliphatic heterocycles. The van der Waals surface area contributed by atoms with Gasteiger partial charge in [-0.1, -0.05) is 67.7 Å². The van der Waals surface area contributed by atoms with E-state index in [1.807, 2.05) is 20.8 Å². The van der Waals surface area contributed by atoms with Crippen LogP contribution in [0.4, 0.5) is 0 Å². The lowest BCUT2D eigenvalue weighted by Gasteiger charge is -2.32. The van der Waals surface area contributed by atoms with Gasteiger partial charge in [-0.15, -0.1) is 0 Å². The first-order chi connectivity index (χ1) is 33.2. The van der Waals surface area contributed by atoms with Crippen molar-refractivity contribution in [3.63, 3.8) is 0 Å². The second-order valence-electron chi connectivity index (χ2n) is 19.1. The second kappa shape index (κ2) is 31.3. The largest absolute Gasteiger partial charge is 0.391 e. The van der Waals surface area contributed by atoms with Crippen LogP contribution < -0.4 is 54.0 Å². The molecule has 13 N–H and O–H groups in total. The third kappa shape index (κ3) is 21.4. The Morgan fingerprint density at radius 2 is 1.20 bits per heavy atom. The number of likely N-dealkylation sites (tertiary alicyclic amines) is 1. The summed E-state index contributed by atoms with van der Waals surface area (Å²) in [7, 11) is 1.42. The van der Waals surface area contributed by atoms with Crippen LogP contribution in [0.1, 0.15) is 128 Å². The Hall–Kier alpha value is -6.07. The molecule has 0 aromatic heterocycles. The lowest BCUT2D eigenvalue weighted by atomic mass is 9.95. The first-order valence-corrected chi connectivity index (χ1v) is 24.8. The van der Waals surface area contributed by atoms with Gasteiger partial charge >= 0.3 is 0 Å². The van der Waals surface area contributed by atoms with Gasteiger partial charge in [-0.2, -0.15) is 0 Å². The van der Waals surface area contributed by atoms with Gasteiger partial charge in [0, 0.05) is 33.1 Å². The number of guanidine groups is 1. The first-order valence-electron chi connectivity index (χ1n) is 24.8. The minimum atomic E-state index is -1.62. The smallest absolute Gasteiger partial charge is 0.245 e. The number of hydrogen-bond donors (Lipinski definition) is 11. The summed E-state index contributed by atoms with van der Waals surface area (Å²) in [5.41, 5.74) is 11.0. The molecule has 10 atom stereocenters. The third-order valence-corrected chi connectivity index (χ3v) is 12.3. The van der Waals surface area contributed by atoms with E-state index < -0.39 is 120 Å². The second-order valence-corrected chi connectivity index (χ2v) is 19.1. The van der Waals surface area contributed by atoms with E-state index in [-0.39, 0.29) is 49.7 Å². The van der Waals surface area contributed by atoms with Crippen LogP contribution in [-0.4, -0.2) is 168 Å². The van der Waals surface area contributed by atoms with Crippen LogP contribution >= 0.6 is 0 Å². The lowest BCUT2D eigenvalue weighted by molar-refractivity contribution is -0.142. The Morgan fingerprint density at radius 3 is 1.70 bits per heavy atom. The molecule has 1 saturated heterocycles. The average molecular weight is 1010 g/mol. The van der Waals surface area contributed by atoms with E-state index in [0.717, 1.165) is 4.90 Å². The fraction of sp³-hybridized carbons (Fsp3) is 0.766. The zero-order valence-corrected chi connectivity index (χ0v) is 43.9. The molecule has 0 aromatic carbocycles. The molecule has 1 aliphatic rings. The number of nitrogens with zero attached hydrogens (tertiary/aromatic N) is 3. The number of nitrogens with one attached hydrogen (secondary N) is 8. The minimum absolute atomic E-state index is 0.0839. The molecule has 0 aromatic rings. The molecule has 24 nitrogen and oxygen atoms in total. The van der Waals surface area contributed by atoms with Crippen molar-refractivity contribution in [1.82, 2.24) is 52.3 Å². The number of aliphatic imine (C=N–C) groups is 1. The Labute approximate surface area is 418 Å². The van der Waals surface area contributed by atoms with E-state index in [1.54, 1.807) is 41.5 Å². The highest BCUT2D eigenvalue weighted by Crippen LogP contribution is 2.21. The maximum absolute atomic E-state index is 14.2. The molecule has 1 rings (SSSR count). The molecule has 1 heterocycles. The van der Waals surface area contributed by atoms with Gasteiger partial charge in [0.1, 0.15) is 42.3 Å². The van der Waals surface area contributed by atoms with E-state index in [9.17, 15) is 53.1 Å². The van der Waals surface area contributed by atoms with E-state index in [0.29, 0.717) is 45.1 Å². The zero-order valence-electron chi connectivity index (χ0n) is 43.9. The minimum Gasteiger partial charge on any atom is -0.391 e. The molecule has 0 aliphatic carbocycles. The Bertz CT molecular complexity index is 1860. The number of aliphatic hydroxyl groups is 1. The fourth-order valence-corrected chi connectivity index (χ4v) is 7.60. The molecule has 0 radical (unpaired) electrons. The van der Waals surface area contributed by atoms with Gasteiger partial charge in [0.2, 0.25) is 59.1 Å². The van der Waals surface area contributed by atoms with Crippen molar-refractivity contribution in [2.45, 2.75) is 182 Å². The van der Waals surface area contributed by atoms with Crippen LogP contribution in [0.3, 0.4) is 0 Å². The number of carbonyl (C=O) groups is 10. The van der Waals surface area contributed by atoms with Crippen LogP contribution in [0.5, 0.6) is 0 Å². The molecule has 24 heteroatoms. The van der Waals surface area contributed by atoms with E-state index in [1.165, 1.54) is 25.8 Å². The summed E-state index contributed by atoms with van der Waals surface area (Å²) in [4.78, 5) is 140. The fourth-order valence-electron chi connectivity index (χ4n) is 7.60. The summed E-state index contributed by atoms with van der Waals surface area (Å²) < 4.78 is 0. The van der Waals surface area contributed by atoms with Crippen molar-refractivity contribution in [3.8, 4) is 0 Å². The van der Waals surface area contributed by atoms with Gasteiger partial charge in [-0.25, -0.2) is 0 Å². The lowest BCUT2D eigenvalue weighted by Crippen LogP contribution is -2.63. The van der Waals surface area contributed by atoms with Crippen molar-refractivity contribution in [2.24, 2.45) is 34.2 Å². The maximum Gasteiger partial charge on any atom is 0.245 e. The van der Waals surface area contributed by atoms with Crippen molar-refractivity contribution >= 4 is 65.0 Å². The molecule has 0 bridgehead atoms. The van der Waals surface area contributed by atoms with Crippen LogP contribution in [0, 0.1) is 17.8 Å². The maximum atomic E-state index is 14.2. The van der Waals surface area contributed by atoms with Gasteiger partial charge in [-0.3, -0.25) is 52.9 Å². The van der Waals surface area contributed by atoms with Crippen LogP contribution in [0.2, 0.25) is 0 Å². The van der Waals surface area contributed by atoms with Gasteiger partial charge in [0.15, 0.2) is 5.96 Å². The predicted molar refractivity (Wildman–Crippen MR) is 266 cm³/mol. The van der Waals surface area contributed by atoms with Crippen molar-refractivity contribution in [1.29, 1.82) is 0 Å². The molecule has 0 saturated carbocycles. The first kappa shape index (κ1) is 62.9. The van der Waals surface area contributed by atoms with Crippen LogP contribution in [-0.2, 0) is 47.9 Å². The average Bonchev–Trinajstić information content (AvgIpc) is 3.80. The molecule has 10 amide bonds. The van der Waals surface area contributed by atoms with Gasteiger partial charge in [0.25, 0.3) is 0 Å². The van der Waals surface area contributed by atoms with Crippen LogP contribution in [0.15, 0.2) is 4.99 Å². The van der Waals surface area contributed by atoms with Gasteiger partial charge in [0.05, 0.1) is 19.2 Å². The standard InChI is InChI=1S/C47H85N13O11/c1-13-18-31(40(65)56-37(27(8)14-2)43(68)54-32(19-16-21-50-47(48)49)46(71)60-22-17-20-33(60)41(66)52-26(6)7)53-45(70)39(29(10)61)58-44(69)38(28(9)15-3)57-42(67)36(25(4)5)55-34(63)23-51-35(64)24-59(12)30(11)62/h25-29,31-33,36-39,61H,13-24H2,1-12H3,(H,51,64)(H,52,66)(H,53,70)(H,54,68)(H,55,63)(H,56,65)(H,57,67)(H,58,69)(H4,48,49,50)/t27-,28+,29+,31-,32-,33-,36-,37-,38+,39-/m0/s1. The van der Waals surface area contributed by atoms with E-state index >= 15 is 0 Å². The zero-order chi connectivity index (χ0) is 54.3. The molecule has 71 heavy (non-hydrogen) atoms. The van der Waals surface area contributed by atoms with Crippen molar-refractivity contribution < 1.29 is 53.1 Å². The highest BCUT2D eigenvalue weighted by molar-refractivity contribution is 5.98. The number of hydrogen-bond acceptors (Lipinski definition) is 12. The Kier molecular flexibility index (Phi) is 27.8. The third-order valence-electron chi connectivity index (χ3n) is 12.3. The summed E-state index contributed by atoms with van der Waals surface area (Å²) in [6.07, 6.45) is 1.20. The number of aliphatic hydroxyl groups excluding tert-OH is 1. The van der Waals surface area contributed by atoms with Crippen LogP contribution in [0.25, 0.3) is 0 Å². The number of rotatable bonds is 30. The number of amides is 10. The Balaban J connectivity index is 3.32. The quantitative estimate of drug-likeness (QED) is 0.0211. The van der Waals surface area contributed by atoms with E-state index in [4.69, 9.17) is 11.5 Å². The summed E-state index contributed by atoms with van der Waals surface area (Å²) in [5.74, 6) is -7.97. The van der Waals surface area contributed by atoms with Gasteiger partial charge < -0.3 is 68.9 Å². The molecular weight excluding hydrogens is 923 g/mol. The Morgan fingerprint density at radius 1 is 0.676 bits per heavy atom. The number of carbonyl (C=O) groups excluding carboxylic acids is 10. The molecule has 1 fully saturated rings. The summed E-state index contributed by atoms with van der Waals surface area (Å²) in [5, 5.41) is 32.0. The highest BCUT2D eigenvalue weighted by atomic mass is 16.3. The molecule has 0 unspecified atom stereocenters. The topological polar surface area (TPSA) is 358 Å². The van der Waals surface area contributed by atoms with Gasteiger partial charge in [-0.05, 0) is 70.6 Å². The van der Waals surface area contributed by atoms with Crippen molar-refractivity contribution in [2.75, 3.05) is 33.2 Å². The summed E-state index contributed by atoms with van der Waals surface area (Å²) in [6, 6.07) is -8.51. The number of nitrogens with two attached hydrogens (primary N) is 2. The van der Waals surface area contributed by atoms with E-state index in [2.05, 4.69) is 47.5 Å². The predicted octanol–water partition coefficient (Wildman–Crippen LogP) is -2.01. The summed E-state index contributed by atoms with van der Waals surface area (Å²) in [6.45, 7) is 18.0. The monoisotopic (exact) mass is 1010 g/mol. The summed E-state index contributed by atoms with van der Waals surface area (Å²) >= 11 is 0. The molecular formula is C47H85N13O11. The number of likely N-dealkylation sites (N-methyl/N-ethyl adjacent to an activating group) is 1. The molecule has 0 spiro atoms.